The van der Waals surface area contributed by atoms with Crippen LogP contribution in [-0.2, 0) is 0 Å². The first kappa shape index (κ1) is 14.1. The molecule has 2 aromatic carbocycles. The summed E-state index contributed by atoms with van der Waals surface area (Å²) in [6.07, 6.45) is 4.51. The topological polar surface area (TPSA) is 21.3 Å². The van der Waals surface area contributed by atoms with Gasteiger partial charge < -0.3 is 10.1 Å². The highest BCUT2D eigenvalue weighted by atomic mass is 16.5. The van der Waals surface area contributed by atoms with Crippen molar-refractivity contribution in [2.24, 2.45) is 5.92 Å². The van der Waals surface area contributed by atoms with E-state index in [4.69, 9.17) is 4.74 Å². The van der Waals surface area contributed by atoms with E-state index in [1.54, 1.807) is 0 Å². The summed E-state index contributed by atoms with van der Waals surface area (Å²) >= 11 is 0. The van der Waals surface area contributed by atoms with Crippen LogP contribution in [0.15, 0.2) is 65.9 Å². The highest BCUT2D eigenvalue weighted by molar-refractivity contribution is 5.67. The number of allylic oxidation sites excluding steroid dienone is 4. The van der Waals surface area contributed by atoms with E-state index in [-0.39, 0.29) is 0 Å². The van der Waals surface area contributed by atoms with E-state index in [0.29, 0.717) is 11.8 Å². The fraction of sp³-hybridized carbons (Fsp3) is 0.238. The van der Waals surface area contributed by atoms with Crippen molar-refractivity contribution in [2.45, 2.75) is 26.7 Å². The monoisotopic (exact) mass is 303 g/mol. The number of hydrogen-bond donors (Lipinski definition) is 1. The summed E-state index contributed by atoms with van der Waals surface area (Å²) in [6, 6.07) is 14.6. The van der Waals surface area contributed by atoms with Gasteiger partial charge in [-0.05, 0) is 49.6 Å². The summed E-state index contributed by atoms with van der Waals surface area (Å²) in [6.45, 7) is 6.59. The summed E-state index contributed by atoms with van der Waals surface area (Å²) in [5, 5.41) is 3.46. The summed E-state index contributed by atoms with van der Waals surface area (Å²) < 4.78 is 6.19. The molecule has 2 nitrogen and oxygen atoms in total. The van der Waals surface area contributed by atoms with Crippen molar-refractivity contribution < 1.29 is 4.74 Å². The van der Waals surface area contributed by atoms with Gasteiger partial charge in [0.25, 0.3) is 0 Å². The minimum Gasteiger partial charge on any atom is -0.461 e. The Bertz CT molecular complexity index is 817. The molecular weight excluding hydrogens is 282 g/mol. The summed E-state index contributed by atoms with van der Waals surface area (Å²) in [5.41, 5.74) is 6.08. The average molecular weight is 303 g/mol. The molecule has 4 rings (SSSR count). The van der Waals surface area contributed by atoms with Crippen LogP contribution in [0, 0.1) is 12.8 Å². The molecular formula is C21H21NO. The zero-order chi connectivity index (χ0) is 16.0. The van der Waals surface area contributed by atoms with Gasteiger partial charge in [-0.25, -0.2) is 0 Å². The van der Waals surface area contributed by atoms with Crippen LogP contribution in [0.5, 0.6) is 5.75 Å². The van der Waals surface area contributed by atoms with E-state index in [1.807, 2.05) is 18.2 Å². The number of hydrogen-bond acceptors (Lipinski definition) is 2. The van der Waals surface area contributed by atoms with Gasteiger partial charge in [-0.15, -0.1) is 0 Å². The van der Waals surface area contributed by atoms with Gasteiger partial charge in [-0.2, -0.15) is 0 Å². The molecule has 1 aliphatic carbocycles. The van der Waals surface area contributed by atoms with E-state index in [2.05, 4.69) is 62.5 Å². The zero-order valence-electron chi connectivity index (χ0n) is 13.8. The van der Waals surface area contributed by atoms with Crippen molar-refractivity contribution in [2.75, 3.05) is 5.32 Å². The third-order valence-electron chi connectivity index (χ3n) is 4.68. The minimum atomic E-state index is 0.361. The van der Waals surface area contributed by atoms with E-state index < -0.39 is 0 Å². The number of ether oxygens (including phenoxy) is 1. The van der Waals surface area contributed by atoms with Crippen LogP contribution >= 0.6 is 0 Å². The molecule has 0 fully saturated rings. The molecule has 0 saturated heterocycles. The van der Waals surface area contributed by atoms with Gasteiger partial charge >= 0.3 is 0 Å². The number of fused-ring (bicyclic) bond motifs is 3. The predicted molar refractivity (Wildman–Crippen MR) is 95.3 cm³/mol. The molecule has 0 spiro atoms. The molecule has 1 aliphatic heterocycles. The maximum Gasteiger partial charge on any atom is 0.133 e. The van der Waals surface area contributed by atoms with Crippen molar-refractivity contribution >= 4 is 11.4 Å². The van der Waals surface area contributed by atoms with Gasteiger partial charge in [0.1, 0.15) is 11.5 Å². The van der Waals surface area contributed by atoms with Gasteiger partial charge in [-0.1, -0.05) is 36.8 Å². The number of anilines is 2. The quantitative estimate of drug-likeness (QED) is 0.769. The second kappa shape index (κ2) is 5.31. The first-order valence-corrected chi connectivity index (χ1v) is 8.16. The second-order valence-electron chi connectivity index (χ2n) is 6.59. The Morgan fingerprint density at radius 3 is 2.57 bits per heavy atom. The Morgan fingerprint density at radius 1 is 1.00 bits per heavy atom. The van der Waals surface area contributed by atoms with Crippen LogP contribution in [0.4, 0.5) is 11.4 Å². The predicted octanol–water partition coefficient (Wildman–Crippen LogP) is 5.69. The molecule has 2 atom stereocenters. The number of nitrogens with one attached hydrogen (secondary N) is 1. The van der Waals surface area contributed by atoms with Crippen molar-refractivity contribution in [1.29, 1.82) is 0 Å². The Balaban J connectivity index is 1.72. The molecule has 0 amide bonds. The van der Waals surface area contributed by atoms with Crippen molar-refractivity contribution in [1.82, 2.24) is 0 Å². The molecule has 0 bridgehead atoms. The lowest BCUT2D eigenvalue weighted by Gasteiger charge is -2.22. The van der Waals surface area contributed by atoms with E-state index in [0.717, 1.165) is 22.9 Å². The first-order chi connectivity index (χ1) is 11.1. The van der Waals surface area contributed by atoms with E-state index in [1.165, 1.54) is 16.7 Å². The smallest absolute Gasteiger partial charge is 0.133 e. The van der Waals surface area contributed by atoms with Gasteiger partial charge in [0.2, 0.25) is 0 Å². The molecule has 2 aromatic rings. The molecule has 1 heterocycles. The third-order valence-corrected chi connectivity index (χ3v) is 4.68. The van der Waals surface area contributed by atoms with E-state index in [9.17, 15) is 0 Å². The Labute approximate surface area is 137 Å². The fourth-order valence-corrected chi connectivity index (χ4v) is 3.77. The minimum absolute atomic E-state index is 0.361. The molecule has 0 radical (unpaired) electrons. The summed E-state index contributed by atoms with van der Waals surface area (Å²) in [5.74, 6) is 2.92. The Morgan fingerprint density at radius 2 is 1.78 bits per heavy atom. The number of rotatable bonds is 2. The fourth-order valence-electron chi connectivity index (χ4n) is 3.77. The highest BCUT2D eigenvalue weighted by Gasteiger charge is 2.36. The normalized spacial score (nSPS) is 21.7. The molecule has 0 saturated carbocycles. The molecule has 2 unspecified atom stereocenters. The molecule has 2 heteroatoms. The third kappa shape index (κ3) is 2.44. The lowest BCUT2D eigenvalue weighted by atomic mass is 9.80. The van der Waals surface area contributed by atoms with Crippen molar-refractivity contribution in [3.05, 3.63) is 77.1 Å². The molecule has 116 valence electrons. The highest BCUT2D eigenvalue weighted by Crippen LogP contribution is 2.50. The van der Waals surface area contributed by atoms with Crippen LogP contribution in [0.3, 0.4) is 0 Å². The van der Waals surface area contributed by atoms with Crippen molar-refractivity contribution in [3.63, 3.8) is 0 Å². The van der Waals surface area contributed by atoms with Gasteiger partial charge in [-0.3, -0.25) is 0 Å². The maximum absolute atomic E-state index is 6.19. The van der Waals surface area contributed by atoms with Crippen LogP contribution in [0.25, 0.3) is 0 Å². The number of aryl methyl sites for hydroxylation is 1. The SMILES string of the molecule is CC1=CC(C)C2C(=C1)Oc1cc(Nc3ccccc3)cc(C)c12. The van der Waals surface area contributed by atoms with Gasteiger partial charge in [0, 0.05) is 23.0 Å². The zero-order valence-corrected chi connectivity index (χ0v) is 13.8. The van der Waals surface area contributed by atoms with Gasteiger partial charge in [0.15, 0.2) is 0 Å². The first-order valence-electron chi connectivity index (χ1n) is 8.16. The van der Waals surface area contributed by atoms with Crippen LogP contribution in [0.1, 0.15) is 30.9 Å². The standard InChI is InChI=1S/C21H21NO/c1-13-9-14(2)20-18(10-13)23-19-12-17(11-15(3)21(19)20)22-16-7-5-4-6-8-16/h4-12,14,20,22H,1-3H3. The molecule has 1 N–H and O–H groups in total. The molecule has 2 aliphatic rings. The number of para-hydroxylation sites is 1. The number of benzene rings is 2. The van der Waals surface area contributed by atoms with Crippen LogP contribution in [0.2, 0.25) is 0 Å². The van der Waals surface area contributed by atoms with Crippen LogP contribution in [-0.4, -0.2) is 0 Å². The Hall–Kier alpha value is -2.48. The van der Waals surface area contributed by atoms with Crippen molar-refractivity contribution in [3.8, 4) is 5.75 Å². The second-order valence-corrected chi connectivity index (χ2v) is 6.59. The lowest BCUT2D eigenvalue weighted by Crippen LogP contribution is -2.12. The molecule has 23 heavy (non-hydrogen) atoms. The largest absolute Gasteiger partial charge is 0.461 e. The van der Waals surface area contributed by atoms with E-state index >= 15 is 0 Å². The Kier molecular flexibility index (Phi) is 3.26. The average Bonchev–Trinajstić information content (AvgIpc) is 2.87. The van der Waals surface area contributed by atoms with Gasteiger partial charge in [0.05, 0.1) is 5.92 Å². The maximum atomic E-state index is 6.19. The molecule has 0 aromatic heterocycles. The summed E-state index contributed by atoms with van der Waals surface area (Å²) in [7, 11) is 0. The summed E-state index contributed by atoms with van der Waals surface area (Å²) in [4.78, 5) is 0. The lowest BCUT2D eigenvalue weighted by molar-refractivity contribution is 0.402. The van der Waals surface area contributed by atoms with Crippen LogP contribution < -0.4 is 10.1 Å².